The smallest absolute Gasteiger partial charge is 0.344 e. The molecule has 2 aromatic carbocycles. The highest BCUT2D eigenvalue weighted by atomic mass is 35.5. The van der Waals surface area contributed by atoms with Crippen LogP contribution in [0.3, 0.4) is 0 Å². The fraction of sp³-hybridized carbons (Fsp3) is 0.222. The van der Waals surface area contributed by atoms with Crippen molar-refractivity contribution in [2.24, 2.45) is 0 Å². The van der Waals surface area contributed by atoms with Crippen LogP contribution in [0.15, 0.2) is 42.5 Å². The molecule has 0 bridgehead atoms. The summed E-state index contributed by atoms with van der Waals surface area (Å²) in [6.45, 7) is 1.64. The Hall–Kier alpha value is -2.44. The summed E-state index contributed by atoms with van der Waals surface area (Å²) in [5, 5.41) is 3.07. The first-order valence-electron chi connectivity index (χ1n) is 7.74. The van der Waals surface area contributed by atoms with Gasteiger partial charge in [0.25, 0.3) is 5.91 Å². The molecule has 0 saturated heterocycles. The summed E-state index contributed by atoms with van der Waals surface area (Å²) in [6.07, 6.45) is 0. The van der Waals surface area contributed by atoms with Gasteiger partial charge in [-0.25, -0.2) is 4.79 Å². The van der Waals surface area contributed by atoms with Gasteiger partial charge in [-0.1, -0.05) is 29.3 Å². The molecule has 0 unspecified atom stereocenters. The summed E-state index contributed by atoms with van der Waals surface area (Å²) in [5.74, 6) is -0.0521. The molecule has 26 heavy (non-hydrogen) atoms. The lowest BCUT2D eigenvalue weighted by atomic mass is 10.3. The Morgan fingerprint density at radius 2 is 1.50 bits per heavy atom. The monoisotopic (exact) mass is 397 g/mol. The van der Waals surface area contributed by atoms with Crippen molar-refractivity contribution in [1.82, 2.24) is 0 Å². The topological polar surface area (TPSA) is 73.9 Å². The summed E-state index contributed by atoms with van der Waals surface area (Å²) >= 11 is 11.9. The van der Waals surface area contributed by atoms with E-state index in [1.807, 2.05) is 6.92 Å². The molecule has 0 aliphatic carbocycles. The number of benzene rings is 2. The third-order valence-corrected chi connectivity index (χ3v) is 3.71. The highest BCUT2D eigenvalue weighted by Crippen LogP contribution is 2.29. The summed E-state index contributed by atoms with van der Waals surface area (Å²) in [5.41, 5.74) is 0.266. The van der Waals surface area contributed by atoms with E-state index in [1.165, 1.54) is 0 Å². The summed E-state index contributed by atoms with van der Waals surface area (Å²) in [7, 11) is 0. The number of rotatable bonds is 8. The van der Waals surface area contributed by atoms with Crippen LogP contribution >= 0.6 is 23.2 Å². The van der Waals surface area contributed by atoms with Gasteiger partial charge in [0.05, 0.1) is 22.3 Å². The second-order valence-corrected chi connectivity index (χ2v) is 5.81. The number of halogens is 2. The molecule has 0 fully saturated rings. The van der Waals surface area contributed by atoms with Crippen molar-refractivity contribution < 1.29 is 23.8 Å². The molecule has 8 heteroatoms. The van der Waals surface area contributed by atoms with Gasteiger partial charge in [0.2, 0.25) is 0 Å². The van der Waals surface area contributed by atoms with E-state index in [-0.39, 0.29) is 22.3 Å². The number of esters is 1. The molecule has 2 rings (SSSR count). The summed E-state index contributed by atoms with van der Waals surface area (Å²) in [4.78, 5) is 23.5. The normalized spacial score (nSPS) is 10.1. The Balaban J connectivity index is 1.75. The van der Waals surface area contributed by atoms with Crippen LogP contribution < -0.4 is 14.8 Å². The predicted molar refractivity (Wildman–Crippen MR) is 99.2 cm³/mol. The van der Waals surface area contributed by atoms with Gasteiger partial charge in [0.15, 0.2) is 13.2 Å². The second-order valence-electron chi connectivity index (χ2n) is 5.00. The van der Waals surface area contributed by atoms with Crippen molar-refractivity contribution in [2.75, 3.05) is 25.1 Å². The number of hydrogen-bond acceptors (Lipinski definition) is 5. The Morgan fingerprint density at radius 3 is 2.08 bits per heavy atom. The molecule has 0 aliphatic rings. The van der Waals surface area contributed by atoms with Crippen LogP contribution in [0.1, 0.15) is 6.92 Å². The lowest BCUT2D eigenvalue weighted by Gasteiger charge is -2.10. The molecule has 1 amide bonds. The number of anilines is 1. The molecular weight excluding hydrogens is 381 g/mol. The van der Waals surface area contributed by atoms with Crippen LogP contribution in [0.25, 0.3) is 0 Å². The third-order valence-electron chi connectivity index (χ3n) is 3.08. The minimum absolute atomic E-state index is 0.266. The number of carbonyl (C=O) groups excluding carboxylic acids is 2. The van der Waals surface area contributed by atoms with Crippen molar-refractivity contribution in [1.29, 1.82) is 0 Å². The van der Waals surface area contributed by atoms with Crippen LogP contribution in [0.5, 0.6) is 11.5 Å². The number of amides is 1. The molecule has 0 spiro atoms. The molecule has 0 radical (unpaired) electrons. The Morgan fingerprint density at radius 1 is 0.923 bits per heavy atom. The summed E-state index contributed by atoms with van der Waals surface area (Å²) in [6, 6.07) is 11.6. The van der Waals surface area contributed by atoms with Crippen LogP contribution in [0, 0.1) is 0 Å². The van der Waals surface area contributed by atoms with E-state index in [0.29, 0.717) is 18.1 Å². The SMILES string of the molecule is CCOc1ccc(OCC(=O)OCC(=O)Nc2c(Cl)cccc2Cl)cc1. The maximum Gasteiger partial charge on any atom is 0.344 e. The fourth-order valence-electron chi connectivity index (χ4n) is 1.92. The number of para-hydroxylation sites is 1. The molecule has 6 nitrogen and oxygen atoms in total. The quantitative estimate of drug-likeness (QED) is 0.682. The van der Waals surface area contributed by atoms with E-state index >= 15 is 0 Å². The van der Waals surface area contributed by atoms with E-state index in [1.54, 1.807) is 42.5 Å². The molecule has 0 saturated carbocycles. The highest BCUT2D eigenvalue weighted by molar-refractivity contribution is 6.39. The van der Waals surface area contributed by atoms with Gasteiger partial charge in [-0.15, -0.1) is 0 Å². The predicted octanol–water partition coefficient (Wildman–Crippen LogP) is 3.95. The lowest BCUT2D eigenvalue weighted by molar-refractivity contribution is -0.149. The lowest BCUT2D eigenvalue weighted by Crippen LogP contribution is -2.23. The van der Waals surface area contributed by atoms with Gasteiger partial charge < -0.3 is 19.5 Å². The first kappa shape index (κ1) is 19.9. The largest absolute Gasteiger partial charge is 0.494 e. The van der Waals surface area contributed by atoms with Crippen molar-refractivity contribution >= 4 is 40.8 Å². The molecular formula is C18H17Cl2NO5. The number of nitrogens with one attached hydrogen (secondary N) is 1. The van der Waals surface area contributed by atoms with Crippen LogP contribution in [-0.2, 0) is 14.3 Å². The minimum atomic E-state index is -0.681. The second kappa shape index (κ2) is 9.89. The Kier molecular flexibility index (Phi) is 7.56. The average molecular weight is 398 g/mol. The van der Waals surface area contributed by atoms with Crippen molar-refractivity contribution in [3.8, 4) is 11.5 Å². The van der Waals surface area contributed by atoms with Crippen molar-refractivity contribution in [3.63, 3.8) is 0 Å². The Bertz CT molecular complexity index is 744. The number of carbonyl (C=O) groups is 2. The van der Waals surface area contributed by atoms with Crippen molar-refractivity contribution in [3.05, 3.63) is 52.5 Å². The zero-order valence-corrected chi connectivity index (χ0v) is 15.5. The standard InChI is InChI=1S/C18H17Cl2NO5/c1-2-24-12-6-8-13(9-7-12)25-11-17(23)26-10-16(22)21-18-14(19)4-3-5-15(18)20/h3-9H,2,10-11H2,1H3,(H,21,22). The molecule has 1 N–H and O–H groups in total. The zero-order valence-electron chi connectivity index (χ0n) is 14.0. The first-order valence-corrected chi connectivity index (χ1v) is 8.50. The minimum Gasteiger partial charge on any atom is -0.494 e. The zero-order chi connectivity index (χ0) is 18.9. The van der Waals surface area contributed by atoms with Gasteiger partial charge in [-0.05, 0) is 43.3 Å². The van der Waals surface area contributed by atoms with Crippen molar-refractivity contribution in [2.45, 2.75) is 6.92 Å². The maximum absolute atomic E-state index is 11.8. The van der Waals surface area contributed by atoms with E-state index in [9.17, 15) is 9.59 Å². The van der Waals surface area contributed by atoms with Gasteiger partial charge in [0, 0.05) is 0 Å². The van der Waals surface area contributed by atoms with Crippen LogP contribution in [0.4, 0.5) is 5.69 Å². The van der Waals surface area contributed by atoms with Gasteiger partial charge in [-0.3, -0.25) is 4.79 Å². The molecule has 0 aliphatic heterocycles. The third kappa shape index (κ3) is 6.13. The van der Waals surface area contributed by atoms with Crippen LogP contribution in [-0.4, -0.2) is 31.7 Å². The molecule has 2 aromatic rings. The first-order chi connectivity index (χ1) is 12.5. The molecule has 0 aromatic heterocycles. The maximum atomic E-state index is 11.8. The van der Waals surface area contributed by atoms with Gasteiger partial charge in [-0.2, -0.15) is 0 Å². The molecule has 0 heterocycles. The summed E-state index contributed by atoms with van der Waals surface area (Å²) < 4.78 is 15.4. The fourth-order valence-corrected chi connectivity index (χ4v) is 2.41. The number of ether oxygens (including phenoxy) is 3. The average Bonchev–Trinajstić information content (AvgIpc) is 2.63. The highest BCUT2D eigenvalue weighted by Gasteiger charge is 2.12. The molecule has 0 atom stereocenters. The number of hydrogen-bond donors (Lipinski definition) is 1. The van der Waals surface area contributed by atoms with E-state index in [4.69, 9.17) is 37.4 Å². The van der Waals surface area contributed by atoms with Gasteiger partial charge in [0.1, 0.15) is 11.5 Å². The van der Waals surface area contributed by atoms with E-state index in [0.717, 1.165) is 0 Å². The molecule has 138 valence electrons. The van der Waals surface area contributed by atoms with E-state index in [2.05, 4.69) is 5.32 Å². The Labute approximate surface area is 160 Å². The van der Waals surface area contributed by atoms with Crippen LogP contribution in [0.2, 0.25) is 10.0 Å². The van der Waals surface area contributed by atoms with E-state index < -0.39 is 18.5 Å². The van der Waals surface area contributed by atoms with Gasteiger partial charge >= 0.3 is 5.97 Å².